The standard InChI is InChI=1S/C11H16ClN5O/c1-6-8(11(18-4)16(3)14-6)5-17-10(13)9(12)7(2)15-17/h5,13H2,1-4H3. The molecule has 0 aromatic carbocycles. The van der Waals surface area contributed by atoms with Crippen LogP contribution in [0.5, 0.6) is 5.88 Å². The van der Waals surface area contributed by atoms with E-state index in [4.69, 9.17) is 22.1 Å². The van der Waals surface area contributed by atoms with Crippen LogP contribution in [0.25, 0.3) is 0 Å². The topological polar surface area (TPSA) is 70.9 Å². The van der Waals surface area contributed by atoms with E-state index in [1.807, 2.05) is 20.9 Å². The van der Waals surface area contributed by atoms with Crippen molar-refractivity contribution < 1.29 is 4.74 Å². The Balaban J connectivity index is 2.42. The molecular formula is C11H16ClN5O. The van der Waals surface area contributed by atoms with Crippen LogP contribution in [0, 0.1) is 13.8 Å². The van der Waals surface area contributed by atoms with Gasteiger partial charge in [0.1, 0.15) is 10.8 Å². The molecule has 0 aliphatic rings. The van der Waals surface area contributed by atoms with Gasteiger partial charge in [-0.15, -0.1) is 0 Å². The highest BCUT2D eigenvalue weighted by Crippen LogP contribution is 2.26. The van der Waals surface area contributed by atoms with E-state index in [1.54, 1.807) is 16.5 Å². The third-order valence-electron chi connectivity index (χ3n) is 2.88. The van der Waals surface area contributed by atoms with Crippen LogP contribution < -0.4 is 10.5 Å². The Labute approximate surface area is 110 Å². The number of nitrogen functional groups attached to an aromatic ring is 1. The molecule has 0 amide bonds. The molecular weight excluding hydrogens is 254 g/mol. The molecule has 7 heteroatoms. The summed E-state index contributed by atoms with van der Waals surface area (Å²) in [7, 11) is 3.45. The lowest BCUT2D eigenvalue weighted by molar-refractivity contribution is 0.368. The Hall–Kier alpha value is -1.69. The van der Waals surface area contributed by atoms with Crippen molar-refractivity contribution in [1.29, 1.82) is 0 Å². The maximum atomic E-state index is 6.02. The molecule has 0 aliphatic carbocycles. The first-order valence-electron chi connectivity index (χ1n) is 5.50. The molecule has 0 unspecified atom stereocenters. The molecule has 18 heavy (non-hydrogen) atoms. The number of methoxy groups -OCH3 is 1. The molecule has 6 nitrogen and oxygen atoms in total. The summed E-state index contributed by atoms with van der Waals surface area (Å²) in [6.07, 6.45) is 0. The zero-order valence-corrected chi connectivity index (χ0v) is 11.6. The molecule has 0 atom stereocenters. The molecule has 2 aromatic rings. The van der Waals surface area contributed by atoms with E-state index in [9.17, 15) is 0 Å². The molecule has 0 radical (unpaired) electrons. The van der Waals surface area contributed by atoms with Crippen LogP contribution in [-0.2, 0) is 13.6 Å². The lowest BCUT2D eigenvalue weighted by atomic mass is 10.2. The van der Waals surface area contributed by atoms with Crippen molar-refractivity contribution in [3.8, 4) is 5.88 Å². The highest BCUT2D eigenvalue weighted by atomic mass is 35.5. The first-order valence-corrected chi connectivity index (χ1v) is 5.88. The monoisotopic (exact) mass is 269 g/mol. The summed E-state index contributed by atoms with van der Waals surface area (Å²) >= 11 is 6.02. The fourth-order valence-electron chi connectivity index (χ4n) is 1.97. The zero-order valence-electron chi connectivity index (χ0n) is 10.9. The summed E-state index contributed by atoms with van der Waals surface area (Å²) in [5.74, 6) is 1.16. The predicted octanol–water partition coefficient (Wildman–Crippen LogP) is 1.53. The lowest BCUT2D eigenvalue weighted by Crippen LogP contribution is -2.07. The van der Waals surface area contributed by atoms with Gasteiger partial charge in [0.2, 0.25) is 5.88 Å². The fraction of sp³-hybridized carbons (Fsp3) is 0.455. The van der Waals surface area contributed by atoms with Gasteiger partial charge in [-0.25, -0.2) is 9.36 Å². The summed E-state index contributed by atoms with van der Waals surface area (Å²) < 4.78 is 8.68. The second kappa shape index (κ2) is 4.53. The van der Waals surface area contributed by atoms with Gasteiger partial charge in [0.25, 0.3) is 0 Å². The van der Waals surface area contributed by atoms with Crippen LogP contribution in [0.15, 0.2) is 0 Å². The molecule has 0 saturated carbocycles. The Morgan fingerprint density at radius 3 is 2.44 bits per heavy atom. The van der Waals surface area contributed by atoms with Gasteiger partial charge in [0.15, 0.2) is 0 Å². The number of hydrogen-bond donors (Lipinski definition) is 1. The Bertz CT molecular complexity index is 587. The van der Waals surface area contributed by atoms with Crippen LogP contribution >= 0.6 is 11.6 Å². The molecule has 2 N–H and O–H groups in total. The Kier molecular flexibility index (Phi) is 3.21. The molecule has 2 rings (SSSR count). The summed E-state index contributed by atoms with van der Waals surface area (Å²) in [5.41, 5.74) is 8.45. The SMILES string of the molecule is COc1c(Cn2nc(C)c(Cl)c2N)c(C)nn1C. The van der Waals surface area contributed by atoms with Crippen LogP contribution in [0.1, 0.15) is 17.0 Å². The molecule has 0 spiro atoms. The molecule has 0 saturated heterocycles. The van der Waals surface area contributed by atoms with Gasteiger partial charge in [-0.2, -0.15) is 10.2 Å². The Morgan fingerprint density at radius 2 is 1.94 bits per heavy atom. The molecule has 0 aliphatic heterocycles. The normalized spacial score (nSPS) is 10.9. The maximum absolute atomic E-state index is 6.02. The number of ether oxygens (including phenoxy) is 1. The van der Waals surface area contributed by atoms with Crippen LogP contribution in [0.4, 0.5) is 5.82 Å². The third kappa shape index (κ3) is 1.92. The van der Waals surface area contributed by atoms with Crippen LogP contribution in [0.2, 0.25) is 5.02 Å². The predicted molar refractivity (Wildman–Crippen MR) is 70.0 cm³/mol. The van der Waals surface area contributed by atoms with Crippen molar-refractivity contribution >= 4 is 17.4 Å². The van der Waals surface area contributed by atoms with Gasteiger partial charge in [-0.1, -0.05) is 11.6 Å². The smallest absolute Gasteiger partial charge is 0.216 e. The van der Waals surface area contributed by atoms with Gasteiger partial charge in [-0.05, 0) is 13.8 Å². The van der Waals surface area contributed by atoms with Crippen molar-refractivity contribution in [2.24, 2.45) is 7.05 Å². The van der Waals surface area contributed by atoms with Crippen molar-refractivity contribution in [3.05, 3.63) is 22.0 Å². The average molecular weight is 270 g/mol. The number of nitrogens with two attached hydrogens (primary N) is 1. The van der Waals surface area contributed by atoms with E-state index < -0.39 is 0 Å². The molecule has 0 bridgehead atoms. The molecule has 98 valence electrons. The highest BCUT2D eigenvalue weighted by Gasteiger charge is 2.17. The van der Waals surface area contributed by atoms with E-state index in [-0.39, 0.29) is 0 Å². The summed E-state index contributed by atoms with van der Waals surface area (Å²) in [6, 6.07) is 0. The van der Waals surface area contributed by atoms with E-state index in [0.29, 0.717) is 23.3 Å². The molecule has 0 fully saturated rings. The number of aromatic nitrogens is 4. The number of nitrogens with zero attached hydrogens (tertiary/aromatic N) is 4. The summed E-state index contributed by atoms with van der Waals surface area (Å²) in [6.45, 7) is 4.23. The second-order valence-electron chi connectivity index (χ2n) is 4.14. The molecule has 2 heterocycles. The Morgan fingerprint density at radius 1 is 1.28 bits per heavy atom. The summed E-state index contributed by atoms with van der Waals surface area (Å²) in [4.78, 5) is 0. The van der Waals surface area contributed by atoms with Gasteiger partial charge in [0, 0.05) is 7.05 Å². The van der Waals surface area contributed by atoms with E-state index >= 15 is 0 Å². The maximum Gasteiger partial charge on any atom is 0.216 e. The van der Waals surface area contributed by atoms with Gasteiger partial charge in [0.05, 0.1) is 30.6 Å². The minimum atomic E-state index is 0.458. The minimum absolute atomic E-state index is 0.458. The summed E-state index contributed by atoms with van der Waals surface area (Å²) in [5, 5.41) is 9.11. The quantitative estimate of drug-likeness (QED) is 0.917. The average Bonchev–Trinajstić information content (AvgIpc) is 2.72. The molecule has 2 aromatic heterocycles. The number of aryl methyl sites for hydroxylation is 3. The lowest BCUT2D eigenvalue weighted by Gasteiger charge is -2.06. The second-order valence-corrected chi connectivity index (χ2v) is 4.52. The largest absolute Gasteiger partial charge is 0.481 e. The number of hydrogen-bond acceptors (Lipinski definition) is 4. The van der Waals surface area contributed by atoms with Crippen molar-refractivity contribution in [2.75, 3.05) is 12.8 Å². The van der Waals surface area contributed by atoms with Gasteiger partial charge >= 0.3 is 0 Å². The third-order valence-corrected chi connectivity index (χ3v) is 3.35. The minimum Gasteiger partial charge on any atom is -0.481 e. The zero-order chi connectivity index (χ0) is 13.4. The van der Waals surface area contributed by atoms with E-state index in [1.165, 1.54) is 0 Å². The van der Waals surface area contributed by atoms with E-state index in [0.717, 1.165) is 17.0 Å². The first kappa shape index (κ1) is 12.8. The first-order chi connectivity index (χ1) is 8.45. The number of anilines is 1. The number of rotatable bonds is 3. The van der Waals surface area contributed by atoms with Gasteiger partial charge in [-0.3, -0.25) is 0 Å². The fourth-order valence-corrected chi connectivity index (χ4v) is 2.10. The van der Waals surface area contributed by atoms with Crippen molar-refractivity contribution in [1.82, 2.24) is 19.6 Å². The van der Waals surface area contributed by atoms with Crippen molar-refractivity contribution in [3.63, 3.8) is 0 Å². The van der Waals surface area contributed by atoms with Crippen LogP contribution in [-0.4, -0.2) is 26.7 Å². The highest BCUT2D eigenvalue weighted by molar-refractivity contribution is 6.33. The van der Waals surface area contributed by atoms with E-state index in [2.05, 4.69) is 10.2 Å². The number of halogens is 1. The van der Waals surface area contributed by atoms with Crippen molar-refractivity contribution in [2.45, 2.75) is 20.4 Å². The van der Waals surface area contributed by atoms with Crippen LogP contribution in [0.3, 0.4) is 0 Å². The van der Waals surface area contributed by atoms with Gasteiger partial charge < -0.3 is 10.5 Å².